The molecule has 0 aromatic heterocycles. The molecule has 10 atom stereocenters. The average molecular weight is 392 g/mol. The Morgan fingerprint density at radius 1 is 0.750 bits per heavy atom. The number of epoxide rings is 3. The zero-order chi connectivity index (χ0) is 19.0. The molecule has 3 aliphatic carbocycles. The van der Waals surface area contributed by atoms with Gasteiger partial charge in [0.2, 0.25) is 0 Å². The van der Waals surface area contributed by atoms with Gasteiger partial charge in [-0.25, -0.2) is 0 Å². The van der Waals surface area contributed by atoms with E-state index in [0.717, 1.165) is 38.5 Å². The highest BCUT2D eigenvalue weighted by atomic mass is 16.6. The Morgan fingerprint density at radius 3 is 1.89 bits per heavy atom. The molecule has 1 N–H and O–H groups in total. The maximum absolute atomic E-state index is 13.1. The zero-order valence-electron chi connectivity index (χ0n) is 15.9. The van der Waals surface area contributed by atoms with Gasteiger partial charge in [0.25, 0.3) is 0 Å². The van der Waals surface area contributed by atoms with Crippen LogP contribution in [0.4, 0.5) is 0 Å². The first kappa shape index (κ1) is 17.7. The maximum atomic E-state index is 13.1. The van der Waals surface area contributed by atoms with Crippen LogP contribution in [-0.2, 0) is 28.5 Å². The number of carboxylic acids is 1. The van der Waals surface area contributed by atoms with Crippen LogP contribution in [0.5, 0.6) is 0 Å². The van der Waals surface area contributed by atoms with Crippen molar-refractivity contribution >= 4 is 11.9 Å². The molecule has 3 heterocycles. The fraction of sp³-hybridized carbons (Fsp3) is 0.905. The average Bonchev–Trinajstić information content (AvgIpc) is 3.56. The van der Waals surface area contributed by atoms with Crippen LogP contribution in [0.15, 0.2) is 0 Å². The van der Waals surface area contributed by atoms with E-state index in [2.05, 4.69) is 0 Å². The van der Waals surface area contributed by atoms with E-state index in [-0.39, 0.29) is 30.2 Å². The molecule has 6 fully saturated rings. The molecule has 6 aliphatic rings. The number of hydrogen-bond acceptors (Lipinski definition) is 6. The van der Waals surface area contributed by atoms with Crippen molar-refractivity contribution in [1.82, 2.24) is 0 Å². The fourth-order valence-electron chi connectivity index (χ4n) is 6.25. The number of esters is 1. The SMILES string of the molecule is O=C(O)C1CCC(C(=O)OC(C2CCC3OC3C2)C2CCC3OC3C2)C2OC12. The van der Waals surface area contributed by atoms with E-state index in [0.29, 0.717) is 49.1 Å². The van der Waals surface area contributed by atoms with E-state index in [1.165, 1.54) is 0 Å². The molecule has 0 amide bonds. The highest BCUT2D eigenvalue weighted by Gasteiger charge is 2.59. The second-order valence-corrected chi connectivity index (χ2v) is 9.67. The van der Waals surface area contributed by atoms with Crippen molar-refractivity contribution in [2.45, 2.75) is 94.1 Å². The van der Waals surface area contributed by atoms with Gasteiger partial charge in [-0.1, -0.05) is 0 Å². The third-order valence-electron chi connectivity index (χ3n) is 8.03. The van der Waals surface area contributed by atoms with Gasteiger partial charge < -0.3 is 24.1 Å². The van der Waals surface area contributed by atoms with Crippen molar-refractivity contribution < 1.29 is 33.6 Å². The Hall–Kier alpha value is -1.18. The summed E-state index contributed by atoms with van der Waals surface area (Å²) in [4.78, 5) is 24.4. The summed E-state index contributed by atoms with van der Waals surface area (Å²) in [5.74, 6) is -1.07. The second-order valence-electron chi connectivity index (χ2n) is 9.67. The van der Waals surface area contributed by atoms with Gasteiger partial charge >= 0.3 is 11.9 Å². The number of carbonyl (C=O) groups excluding carboxylic acids is 1. The van der Waals surface area contributed by atoms with Crippen LogP contribution in [0.25, 0.3) is 0 Å². The van der Waals surface area contributed by atoms with Gasteiger partial charge in [0.15, 0.2) is 0 Å². The van der Waals surface area contributed by atoms with E-state index < -0.39 is 11.9 Å². The van der Waals surface area contributed by atoms with Crippen LogP contribution in [0, 0.1) is 23.7 Å². The standard InChI is InChI=1S/C21H28O7/c22-20(23)11-3-4-12(19-18(11)27-19)21(24)28-17(9-1-5-13-15(7-9)25-13)10-2-6-14-16(8-10)26-14/h9-19H,1-8H2,(H,22,23). The first-order chi connectivity index (χ1) is 13.6. The number of fused-ring (bicyclic) bond motifs is 3. The van der Waals surface area contributed by atoms with Gasteiger partial charge in [-0.05, 0) is 63.2 Å². The van der Waals surface area contributed by atoms with Crippen molar-refractivity contribution in [3.8, 4) is 0 Å². The summed E-state index contributed by atoms with van der Waals surface area (Å²) >= 11 is 0. The molecular weight excluding hydrogens is 364 g/mol. The number of ether oxygens (including phenoxy) is 4. The third kappa shape index (κ3) is 3.06. The highest BCUT2D eigenvalue weighted by molar-refractivity contribution is 5.77. The van der Waals surface area contributed by atoms with Crippen molar-refractivity contribution in [1.29, 1.82) is 0 Å². The summed E-state index contributed by atoms with van der Waals surface area (Å²) < 4.78 is 23.2. The van der Waals surface area contributed by atoms with Crippen LogP contribution >= 0.6 is 0 Å². The Bertz CT molecular complexity index is 652. The van der Waals surface area contributed by atoms with Crippen molar-refractivity contribution in [2.24, 2.45) is 23.7 Å². The number of carbonyl (C=O) groups is 2. The summed E-state index contributed by atoms with van der Waals surface area (Å²) in [5.41, 5.74) is 0. The number of hydrogen-bond donors (Lipinski definition) is 1. The number of rotatable bonds is 5. The molecule has 0 aromatic carbocycles. The van der Waals surface area contributed by atoms with Gasteiger partial charge in [-0.3, -0.25) is 9.59 Å². The number of carboxylic acid groups (broad SMARTS) is 1. The molecule has 28 heavy (non-hydrogen) atoms. The van der Waals surface area contributed by atoms with Gasteiger partial charge in [0, 0.05) is 0 Å². The maximum Gasteiger partial charge on any atom is 0.311 e. The quantitative estimate of drug-likeness (QED) is 0.563. The topological polar surface area (TPSA) is 101 Å². The van der Waals surface area contributed by atoms with Crippen LogP contribution in [-0.4, -0.2) is 59.8 Å². The van der Waals surface area contributed by atoms with Crippen molar-refractivity contribution in [2.75, 3.05) is 0 Å². The third-order valence-corrected chi connectivity index (χ3v) is 8.03. The molecular formula is C21H28O7. The monoisotopic (exact) mass is 392 g/mol. The van der Waals surface area contributed by atoms with Gasteiger partial charge in [-0.15, -0.1) is 0 Å². The van der Waals surface area contributed by atoms with Crippen molar-refractivity contribution in [3.05, 3.63) is 0 Å². The van der Waals surface area contributed by atoms with Crippen LogP contribution in [0.3, 0.4) is 0 Å². The minimum absolute atomic E-state index is 0.0720. The lowest BCUT2D eigenvalue weighted by Crippen LogP contribution is -2.42. The predicted molar refractivity (Wildman–Crippen MR) is 94.4 cm³/mol. The molecule has 7 heteroatoms. The summed E-state index contributed by atoms with van der Waals surface area (Å²) in [6.07, 6.45) is 8.17. The van der Waals surface area contributed by atoms with Crippen LogP contribution < -0.4 is 0 Å². The van der Waals surface area contributed by atoms with Crippen LogP contribution in [0.2, 0.25) is 0 Å². The lowest BCUT2D eigenvalue weighted by Gasteiger charge is -2.36. The Morgan fingerprint density at radius 2 is 1.32 bits per heavy atom. The lowest BCUT2D eigenvalue weighted by atomic mass is 9.75. The molecule has 154 valence electrons. The predicted octanol–water partition coefficient (Wildman–Crippen LogP) is 1.91. The Labute approximate surface area is 164 Å². The van der Waals surface area contributed by atoms with E-state index in [1.54, 1.807) is 0 Å². The minimum Gasteiger partial charge on any atom is -0.481 e. The molecule has 6 rings (SSSR count). The summed E-state index contributed by atoms with van der Waals surface area (Å²) in [5, 5.41) is 9.28. The summed E-state index contributed by atoms with van der Waals surface area (Å²) in [6.45, 7) is 0. The van der Waals surface area contributed by atoms with Gasteiger partial charge in [-0.2, -0.15) is 0 Å². The van der Waals surface area contributed by atoms with Gasteiger partial charge in [0.05, 0.1) is 48.5 Å². The largest absolute Gasteiger partial charge is 0.481 e. The molecule has 3 saturated carbocycles. The van der Waals surface area contributed by atoms with Crippen LogP contribution in [0.1, 0.15) is 51.4 Å². The lowest BCUT2D eigenvalue weighted by molar-refractivity contribution is -0.164. The summed E-state index contributed by atoms with van der Waals surface area (Å²) in [7, 11) is 0. The van der Waals surface area contributed by atoms with E-state index in [1.807, 2.05) is 0 Å². The normalized spacial score (nSPS) is 51.7. The van der Waals surface area contributed by atoms with E-state index >= 15 is 0 Å². The Kier molecular flexibility index (Phi) is 4.04. The minimum atomic E-state index is -0.820. The molecule has 0 bridgehead atoms. The van der Waals surface area contributed by atoms with E-state index in [4.69, 9.17) is 18.9 Å². The molecule has 0 aromatic rings. The van der Waals surface area contributed by atoms with E-state index in [9.17, 15) is 14.7 Å². The summed E-state index contributed by atoms with van der Waals surface area (Å²) in [6, 6.07) is 0. The highest BCUT2D eigenvalue weighted by Crippen LogP contribution is 2.49. The fourth-order valence-corrected chi connectivity index (χ4v) is 6.25. The first-order valence-corrected chi connectivity index (χ1v) is 11.0. The smallest absolute Gasteiger partial charge is 0.311 e. The molecule has 0 radical (unpaired) electrons. The van der Waals surface area contributed by atoms with Crippen molar-refractivity contribution in [3.63, 3.8) is 0 Å². The molecule has 7 nitrogen and oxygen atoms in total. The zero-order valence-corrected chi connectivity index (χ0v) is 15.9. The second kappa shape index (κ2) is 6.41. The van der Waals surface area contributed by atoms with Gasteiger partial charge in [0.1, 0.15) is 6.10 Å². The Balaban J connectivity index is 1.14. The first-order valence-electron chi connectivity index (χ1n) is 11.0. The molecule has 0 spiro atoms. The molecule has 10 unspecified atom stereocenters. The molecule has 3 aliphatic heterocycles. The molecule has 3 saturated heterocycles. The number of aliphatic carboxylic acids is 1.